The quantitative estimate of drug-likeness (QED) is 0.854. The molecule has 0 atom stereocenters. The standard InChI is InChI=1S/C19H23N3O4/c1-21(19(24)17-6-3-9-26-17)14-18(23)20-16-5-2-4-15(12-16)13-22-7-10-25-11-8-22/h2-6,9,12H,7-8,10-11,13-14H2,1H3,(H,20,23). The molecular formula is C19H23N3O4. The van der Waals surface area contributed by atoms with Gasteiger partial charge in [0.15, 0.2) is 5.76 Å². The van der Waals surface area contributed by atoms with Gasteiger partial charge in [-0.15, -0.1) is 0 Å². The van der Waals surface area contributed by atoms with Crippen molar-refractivity contribution in [3.63, 3.8) is 0 Å². The van der Waals surface area contributed by atoms with Gasteiger partial charge in [0.1, 0.15) is 0 Å². The highest BCUT2D eigenvalue weighted by atomic mass is 16.5. The fourth-order valence-corrected chi connectivity index (χ4v) is 2.84. The summed E-state index contributed by atoms with van der Waals surface area (Å²) in [7, 11) is 1.57. The van der Waals surface area contributed by atoms with E-state index >= 15 is 0 Å². The van der Waals surface area contributed by atoms with E-state index in [1.807, 2.05) is 24.3 Å². The van der Waals surface area contributed by atoms with Crippen molar-refractivity contribution in [3.05, 3.63) is 54.0 Å². The molecule has 3 rings (SSSR count). The first-order chi connectivity index (χ1) is 12.6. The van der Waals surface area contributed by atoms with E-state index in [0.29, 0.717) is 0 Å². The maximum absolute atomic E-state index is 12.2. The second kappa shape index (κ2) is 8.64. The van der Waals surface area contributed by atoms with Gasteiger partial charge in [-0.3, -0.25) is 14.5 Å². The monoisotopic (exact) mass is 357 g/mol. The minimum atomic E-state index is -0.328. The predicted molar refractivity (Wildman–Crippen MR) is 96.8 cm³/mol. The zero-order valence-electron chi connectivity index (χ0n) is 14.8. The summed E-state index contributed by atoms with van der Waals surface area (Å²) in [5.41, 5.74) is 1.85. The number of amides is 2. The van der Waals surface area contributed by atoms with Gasteiger partial charge in [0, 0.05) is 32.4 Å². The predicted octanol–water partition coefficient (Wildman–Crippen LogP) is 1.82. The van der Waals surface area contributed by atoms with Crippen LogP contribution in [-0.2, 0) is 16.1 Å². The van der Waals surface area contributed by atoms with Crippen LogP contribution in [0.5, 0.6) is 0 Å². The highest BCUT2D eigenvalue weighted by Gasteiger charge is 2.17. The van der Waals surface area contributed by atoms with Gasteiger partial charge in [0.05, 0.1) is 26.0 Å². The Morgan fingerprint density at radius 3 is 2.73 bits per heavy atom. The van der Waals surface area contributed by atoms with Crippen molar-refractivity contribution in [1.29, 1.82) is 0 Å². The second-order valence-corrected chi connectivity index (χ2v) is 6.28. The van der Waals surface area contributed by atoms with E-state index in [-0.39, 0.29) is 24.1 Å². The Hall–Kier alpha value is -2.64. The number of carbonyl (C=O) groups excluding carboxylic acids is 2. The van der Waals surface area contributed by atoms with Crippen LogP contribution in [0.4, 0.5) is 5.69 Å². The van der Waals surface area contributed by atoms with Crippen molar-refractivity contribution in [2.24, 2.45) is 0 Å². The molecule has 1 fully saturated rings. The molecule has 26 heavy (non-hydrogen) atoms. The van der Waals surface area contributed by atoms with Gasteiger partial charge in [-0.1, -0.05) is 12.1 Å². The smallest absolute Gasteiger partial charge is 0.289 e. The van der Waals surface area contributed by atoms with Crippen molar-refractivity contribution >= 4 is 17.5 Å². The molecule has 1 N–H and O–H groups in total. The van der Waals surface area contributed by atoms with E-state index in [1.54, 1.807) is 19.2 Å². The van der Waals surface area contributed by atoms with Gasteiger partial charge < -0.3 is 19.4 Å². The molecule has 0 bridgehead atoms. The third-order valence-electron chi connectivity index (χ3n) is 4.18. The van der Waals surface area contributed by atoms with Crippen molar-refractivity contribution in [1.82, 2.24) is 9.80 Å². The van der Waals surface area contributed by atoms with Crippen LogP contribution in [0, 0.1) is 0 Å². The molecule has 1 aliphatic rings. The SMILES string of the molecule is CN(CC(=O)Nc1cccc(CN2CCOCC2)c1)C(=O)c1ccco1. The van der Waals surface area contributed by atoms with Crippen molar-refractivity contribution in [2.45, 2.75) is 6.54 Å². The van der Waals surface area contributed by atoms with E-state index < -0.39 is 0 Å². The maximum atomic E-state index is 12.2. The molecule has 2 aromatic rings. The van der Waals surface area contributed by atoms with Crippen LogP contribution in [0.1, 0.15) is 16.1 Å². The summed E-state index contributed by atoms with van der Waals surface area (Å²) in [6.07, 6.45) is 1.43. The lowest BCUT2D eigenvalue weighted by Gasteiger charge is -2.26. The molecule has 138 valence electrons. The number of likely N-dealkylation sites (N-methyl/N-ethyl adjacent to an activating group) is 1. The molecule has 2 heterocycles. The molecule has 1 aliphatic heterocycles. The van der Waals surface area contributed by atoms with Gasteiger partial charge in [-0.25, -0.2) is 0 Å². The average molecular weight is 357 g/mol. The number of hydrogen-bond acceptors (Lipinski definition) is 5. The van der Waals surface area contributed by atoms with Gasteiger partial charge >= 0.3 is 0 Å². The number of furan rings is 1. The van der Waals surface area contributed by atoms with Crippen LogP contribution in [-0.4, -0.2) is 61.5 Å². The zero-order chi connectivity index (χ0) is 18.4. The van der Waals surface area contributed by atoms with Crippen LogP contribution >= 0.6 is 0 Å². The Balaban J connectivity index is 1.53. The van der Waals surface area contributed by atoms with E-state index in [9.17, 15) is 9.59 Å². The van der Waals surface area contributed by atoms with E-state index in [4.69, 9.17) is 9.15 Å². The molecule has 0 aliphatic carbocycles. The largest absolute Gasteiger partial charge is 0.459 e. The minimum Gasteiger partial charge on any atom is -0.459 e. The number of anilines is 1. The average Bonchev–Trinajstić information content (AvgIpc) is 3.16. The molecule has 0 radical (unpaired) electrons. The van der Waals surface area contributed by atoms with Crippen molar-refractivity contribution in [3.8, 4) is 0 Å². The van der Waals surface area contributed by atoms with Gasteiger partial charge in [-0.05, 0) is 29.8 Å². The van der Waals surface area contributed by atoms with Gasteiger partial charge in [-0.2, -0.15) is 0 Å². The summed E-state index contributed by atoms with van der Waals surface area (Å²) < 4.78 is 10.4. The summed E-state index contributed by atoms with van der Waals surface area (Å²) in [5, 5.41) is 2.84. The van der Waals surface area contributed by atoms with Gasteiger partial charge in [0.25, 0.3) is 5.91 Å². The van der Waals surface area contributed by atoms with Crippen LogP contribution in [0.2, 0.25) is 0 Å². The molecule has 2 amide bonds. The zero-order valence-corrected chi connectivity index (χ0v) is 14.8. The number of morpholine rings is 1. The molecule has 1 saturated heterocycles. The lowest BCUT2D eigenvalue weighted by molar-refractivity contribution is -0.116. The molecule has 0 spiro atoms. The maximum Gasteiger partial charge on any atom is 0.289 e. The van der Waals surface area contributed by atoms with E-state index in [2.05, 4.69) is 10.2 Å². The number of ether oxygens (including phenoxy) is 1. The summed E-state index contributed by atoms with van der Waals surface area (Å²) in [6.45, 7) is 4.11. The summed E-state index contributed by atoms with van der Waals surface area (Å²) in [5.74, 6) is -0.366. The fourth-order valence-electron chi connectivity index (χ4n) is 2.84. The summed E-state index contributed by atoms with van der Waals surface area (Å²) in [4.78, 5) is 28.0. The number of nitrogens with one attached hydrogen (secondary N) is 1. The van der Waals surface area contributed by atoms with Gasteiger partial charge in [0.2, 0.25) is 5.91 Å². The topological polar surface area (TPSA) is 75.0 Å². The Morgan fingerprint density at radius 1 is 1.19 bits per heavy atom. The molecule has 0 unspecified atom stereocenters. The number of carbonyl (C=O) groups is 2. The van der Waals surface area contributed by atoms with Crippen LogP contribution in [0.25, 0.3) is 0 Å². The Bertz CT molecular complexity index is 739. The molecule has 1 aromatic heterocycles. The molecule has 7 heteroatoms. The molecule has 7 nitrogen and oxygen atoms in total. The molecule has 0 saturated carbocycles. The summed E-state index contributed by atoms with van der Waals surface area (Å²) in [6, 6.07) is 11.0. The number of hydrogen-bond donors (Lipinski definition) is 1. The summed E-state index contributed by atoms with van der Waals surface area (Å²) >= 11 is 0. The third kappa shape index (κ3) is 4.93. The second-order valence-electron chi connectivity index (χ2n) is 6.28. The Labute approximate surface area is 152 Å². The normalized spacial score (nSPS) is 14.8. The third-order valence-corrected chi connectivity index (χ3v) is 4.18. The Kier molecular flexibility index (Phi) is 6.04. The van der Waals surface area contributed by atoms with Crippen molar-refractivity contribution < 1.29 is 18.7 Å². The lowest BCUT2D eigenvalue weighted by atomic mass is 10.2. The number of nitrogens with zero attached hydrogens (tertiary/aromatic N) is 2. The number of rotatable bonds is 6. The molecular weight excluding hydrogens is 334 g/mol. The highest BCUT2D eigenvalue weighted by Crippen LogP contribution is 2.14. The van der Waals surface area contributed by atoms with Crippen LogP contribution < -0.4 is 5.32 Å². The van der Waals surface area contributed by atoms with E-state index in [1.165, 1.54) is 11.2 Å². The Morgan fingerprint density at radius 2 is 2.00 bits per heavy atom. The fraction of sp³-hybridized carbons (Fsp3) is 0.368. The molecule has 1 aromatic carbocycles. The first-order valence-electron chi connectivity index (χ1n) is 8.59. The highest BCUT2D eigenvalue weighted by molar-refractivity contribution is 5.97. The first-order valence-corrected chi connectivity index (χ1v) is 8.59. The van der Waals surface area contributed by atoms with Crippen molar-refractivity contribution in [2.75, 3.05) is 45.2 Å². The number of benzene rings is 1. The van der Waals surface area contributed by atoms with E-state index in [0.717, 1.165) is 44.1 Å². The first kappa shape index (κ1) is 18.2. The lowest BCUT2D eigenvalue weighted by Crippen LogP contribution is -2.35. The van der Waals surface area contributed by atoms with Crippen LogP contribution in [0.15, 0.2) is 47.1 Å². The minimum absolute atomic E-state index is 0.0484. The van der Waals surface area contributed by atoms with Crippen LogP contribution in [0.3, 0.4) is 0 Å².